The first-order valence-corrected chi connectivity index (χ1v) is 36.6. The first-order chi connectivity index (χ1) is 45.6. The number of rotatable bonds is 65. The monoisotopic (exact) mass is 1290 g/mol. The number of carboxylic acid groups (broad SMARTS) is 1. The Kier molecular flexibility index (Phi) is 67.4. The summed E-state index contributed by atoms with van der Waals surface area (Å²) < 4.78 is 23.0. The second kappa shape index (κ2) is 72.0. The minimum absolute atomic E-state index is 0.172. The number of nitrogens with zero attached hydrogens (tertiary/aromatic N) is 1. The molecule has 93 heavy (non-hydrogen) atoms. The lowest BCUT2D eigenvalue weighted by atomic mass is 10.0. The Morgan fingerprint density at radius 2 is 0.581 bits per heavy atom. The molecule has 0 aliphatic carbocycles. The van der Waals surface area contributed by atoms with Crippen LogP contribution in [0.25, 0.3) is 0 Å². The van der Waals surface area contributed by atoms with Gasteiger partial charge in [-0.1, -0.05) is 298 Å². The van der Waals surface area contributed by atoms with Crippen LogP contribution >= 0.6 is 0 Å². The van der Waals surface area contributed by atoms with Crippen LogP contribution < -0.4 is 0 Å². The molecule has 2 atom stereocenters. The molecule has 0 fully saturated rings. The molecule has 0 aromatic rings. The average molecular weight is 1290 g/mol. The van der Waals surface area contributed by atoms with Crippen molar-refractivity contribution in [1.29, 1.82) is 0 Å². The van der Waals surface area contributed by atoms with E-state index in [1.54, 1.807) is 0 Å². The van der Waals surface area contributed by atoms with E-state index in [4.69, 9.17) is 18.9 Å². The number of esters is 2. The fourth-order valence-corrected chi connectivity index (χ4v) is 9.34. The molecule has 9 heteroatoms. The second-order valence-corrected chi connectivity index (χ2v) is 24.8. The third-order valence-corrected chi connectivity index (χ3v) is 14.8. The van der Waals surface area contributed by atoms with Crippen LogP contribution in [-0.2, 0) is 33.3 Å². The van der Waals surface area contributed by atoms with E-state index in [1.807, 2.05) is 21.1 Å². The topological polar surface area (TPSA) is 108 Å². The van der Waals surface area contributed by atoms with Gasteiger partial charge in [0.05, 0.1) is 34.4 Å². The molecule has 1 N–H and O–H groups in total. The highest BCUT2D eigenvalue weighted by Gasteiger charge is 2.25. The van der Waals surface area contributed by atoms with Crippen LogP contribution in [0, 0.1) is 0 Å². The van der Waals surface area contributed by atoms with E-state index >= 15 is 0 Å². The third kappa shape index (κ3) is 73.4. The number of carbonyl (C=O) groups is 3. The SMILES string of the molecule is CC/C=C\C/C=C\C/C=C\C/C=C\C/C=C\C/C=C\C/C=C\C/C=C\C/C=C\C/C=C\CCCCCCC(=O)OC(COC(=O)CCCCCCCCCCCCCCCC/C=C\C/C=C\C/C=C\C/C=C\C/C=C\C/C=C\CC)COC(OCC[N+](C)(C)C)C(=O)O. The van der Waals surface area contributed by atoms with Gasteiger partial charge in [0.1, 0.15) is 13.2 Å². The molecule has 0 saturated carbocycles. The van der Waals surface area contributed by atoms with Gasteiger partial charge in [-0.15, -0.1) is 0 Å². The van der Waals surface area contributed by atoms with Crippen molar-refractivity contribution in [3.63, 3.8) is 0 Å². The Hall–Kier alpha value is -5.87. The van der Waals surface area contributed by atoms with E-state index in [9.17, 15) is 19.5 Å². The lowest BCUT2D eigenvalue weighted by Crippen LogP contribution is -2.40. The van der Waals surface area contributed by atoms with Crippen molar-refractivity contribution in [2.24, 2.45) is 0 Å². The zero-order valence-electron chi connectivity index (χ0n) is 59.6. The molecule has 0 radical (unpaired) electrons. The highest BCUT2D eigenvalue weighted by molar-refractivity contribution is 5.71. The molecule has 0 aliphatic heterocycles. The minimum atomic E-state index is -1.53. The summed E-state index contributed by atoms with van der Waals surface area (Å²) in [6.45, 7) is 4.60. The molecule has 0 saturated heterocycles. The molecule has 0 spiro atoms. The largest absolute Gasteiger partial charge is 0.477 e. The number of ether oxygens (including phenoxy) is 4. The lowest BCUT2D eigenvalue weighted by Gasteiger charge is -2.25. The molecule has 9 nitrogen and oxygen atoms in total. The first kappa shape index (κ1) is 87.1. The normalized spacial score (nSPS) is 13.9. The number of aliphatic carboxylic acids is 1. The zero-order chi connectivity index (χ0) is 67.5. The Balaban J connectivity index is 4.22. The van der Waals surface area contributed by atoms with E-state index in [2.05, 4.69) is 208 Å². The van der Waals surface area contributed by atoms with Crippen molar-refractivity contribution in [1.82, 2.24) is 0 Å². The summed E-state index contributed by atoms with van der Waals surface area (Å²) in [5, 5.41) is 9.76. The Morgan fingerprint density at radius 1 is 0.323 bits per heavy atom. The van der Waals surface area contributed by atoms with Gasteiger partial charge in [0, 0.05) is 12.8 Å². The maximum atomic E-state index is 13.0. The van der Waals surface area contributed by atoms with Gasteiger partial charge in [-0.25, -0.2) is 4.79 Å². The van der Waals surface area contributed by atoms with Crippen LogP contribution in [0.3, 0.4) is 0 Å². The number of hydrogen-bond donors (Lipinski definition) is 1. The van der Waals surface area contributed by atoms with Crippen LogP contribution in [0.15, 0.2) is 194 Å². The van der Waals surface area contributed by atoms with Gasteiger partial charge < -0.3 is 28.5 Å². The van der Waals surface area contributed by atoms with Crippen molar-refractivity contribution < 1.29 is 42.9 Å². The molecule has 0 aliphatic rings. The smallest absolute Gasteiger partial charge is 0.361 e. The van der Waals surface area contributed by atoms with E-state index < -0.39 is 24.3 Å². The van der Waals surface area contributed by atoms with Gasteiger partial charge in [0.15, 0.2) is 6.10 Å². The standard InChI is InChI=1S/C84H133NO8/c1-6-8-10-12-14-16-18-20-22-24-26-28-30-32-34-36-38-40-41-43-45-47-49-51-53-55-57-59-61-63-65-67-69-71-73-75-82(87)93-80(79-92-84(83(88)89)90-77-76-85(3,4)5)78-91-81(86)74-72-70-68-66-64-62-60-58-56-54-52-50-48-46-44-42-39-37-35-33-31-29-27-25-23-21-19-17-15-13-11-9-7-2/h8-11,14-17,20-23,26-29,32-35,38-40,42-43,45,49,51,55,57,61,63,80,84H,6-7,12-13,18-19,24-25,30-31,36-37,41,44,46-48,50,52-54,56,58-60,62,64-79H2,1-5H3/p+1/b10-8-,11-9-,16-14-,17-15-,22-20-,23-21-,28-26-,29-27-,34-32-,35-33-,40-38-,42-39-,45-43-,51-49-,57-55-,63-61-. The van der Waals surface area contributed by atoms with Crippen molar-refractivity contribution in [2.75, 3.05) is 47.5 Å². The van der Waals surface area contributed by atoms with Crippen molar-refractivity contribution in [3.8, 4) is 0 Å². The minimum Gasteiger partial charge on any atom is -0.477 e. The van der Waals surface area contributed by atoms with Crippen molar-refractivity contribution in [2.45, 2.75) is 270 Å². The van der Waals surface area contributed by atoms with Crippen LogP contribution in [-0.4, -0.2) is 87.4 Å². The van der Waals surface area contributed by atoms with Crippen LogP contribution in [0.1, 0.15) is 258 Å². The fraction of sp³-hybridized carbons (Fsp3) is 0.583. The quantitative estimate of drug-likeness (QED) is 0.0211. The predicted octanol–water partition coefficient (Wildman–Crippen LogP) is 23.4. The summed E-state index contributed by atoms with van der Waals surface area (Å²) in [7, 11) is 5.96. The van der Waals surface area contributed by atoms with Crippen LogP contribution in [0.5, 0.6) is 0 Å². The lowest BCUT2D eigenvalue weighted by molar-refractivity contribution is -0.870. The number of carbonyl (C=O) groups excluding carboxylic acids is 2. The molecular weight excluding hydrogens is 1150 g/mol. The van der Waals surface area contributed by atoms with E-state index in [-0.39, 0.29) is 38.6 Å². The van der Waals surface area contributed by atoms with E-state index in [0.717, 1.165) is 148 Å². The van der Waals surface area contributed by atoms with Gasteiger partial charge >= 0.3 is 17.9 Å². The third-order valence-electron chi connectivity index (χ3n) is 14.8. The highest BCUT2D eigenvalue weighted by atomic mass is 16.7. The number of unbranched alkanes of at least 4 members (excludes halogenated alkanes) is 18. The zero-order valence-corrected chi connectivity index (χ0v) is 59.6. The number of quaternary nitrogens is 1. The summed E-state index contributed by atoms with van der Waals surface area (Å²) in [4.78, 5) is 37.7. The Labute approximate surface area is 570 Å². The van der Waals surface area contributed by atoms with Gasteiger partial charge in [-0.2, -0.15) is 0 Å². The molecule has 522 valence electrons. The summed E-state index contributed by atoms with van der Waals surface area (Å²) >= 11 is 0. The van der Waals surface area contributed by atoms with E-state index in [0.29, 0.717) is 17.4 Å². The molecular formula is C84H134NO8+. The van der Waals surface area contributed by atoms with Crippen LogP contribution in [0.4, 0.5) is 0 Å². The summed E-state index contributed by atoms with van der Waals surface area (Å²) in [5.74, 6) is -2.06. The highest BCUT2D eigenvalue weighted by Crippen LogP contribution is 2.16. The Morgan fingerprint density at radius 3 is 0.860 bits per heavy atom. The first-order valence-electron chi connectivity index (χ1n) is 36.6. The molecule has 2 unspecified atom stereocenters. The number of hydrogen-bond acceptors (Lipinski definition) is 7. The average Bonchev–Trinajstić information content (AvgIpc) is 3.74. The van der Waals surface area contributed by atoms with E-state index in [1.165, 1.54) is 77.0 Å². The fourth-order valence-electron chi connectivity index (χ4n) is 9.34. The number of allylic oxidation sites excluding steroid dienone is 32. The Bertz CT molecular complexity index is 2230. The molecule has 0 amide bonds. The molecule has 0 heterocycles. The molecule has 0 aromatic heterocycles. The van der Waals surface area contributed by atoms with Crippen LogP contribution in [0.2, 0.25) is 0 Å². The molecule has 0 rings (SSSR count). The van der Waals surface area contributed by atoms with Gasteiger partial charge in [-0.3, -0.25) is 9.59 Å². The predicted molar refractivity (Wildman–Crippen MR) is 400 cm³/mol. The van der Waals surface area contributed by atoms with Gasteiger partial charge in [0.2, 0.25) is 0 Å². The maximum Gasteiger partial charge on any atom is 0.361 e. The summed E-state index contributed by atoms with van der Waals surface area (Å²) in [5.41, 5.74) is 0. The van der Waals surface area contributed by atoms with Gasteiger partial charge in [-0.05, 0) is 141 Å². The molecule has 0 aromatic carbocycles. The summed E-state index contributed by atoms with van der Waals surface area (Å²) in [6, 6.07) is 0. The van der Waals surface area contributed by atoms with Crippen molar-refractivity contribution >= 4 is 17.9 Å². The van der Waals surface area contributed by atoms with Gasteiger partial charge in [0.25, 0.3) is 6.29 Å². The number of likely N-dealkylation sites (N-methyl/N-ethyl adjacent to an activating group) is 1. The van der Waals surface area contributed by atoms with Crippen molar-refractivity contribution in [3.05, 3.63) is 194 Å². The number of carboxylic acids is 1. The second-order valence-electron chi connectivity index (χ2n) is 24.8. The summed E-state index contributed by atoms with van der Waals surface area (Å²) in [6.07, 6.45) is 108. The maximum absolute atomic E-state index is 13.0. The molecule has 0 bridgehead atoms.